The summed E-state index contributed by atoms with van der Waals surface area (Å²) >= 11 is 6.29. The Labute approximate surface area is 175 Å². The van der Waals surface area contributed by atoms with Crippen molar-refractivity contribution in [2.45, 2.75) is 38.1 Å². The third-order valence-corrected chi connectivity index (χ3v) is 5.02. The molecule has 1 unspecified atom stereocenters. The first-order chi connectivity index (χ1) is 13.9. The predicted molar refractivity (Wildman–Crippen MR) is 114 cm³/mol. The topological polar surface area (TPSA) is 98.7 Å². The van der Waals surface area contributed by atoms with Crippen LogP contribution in [-0.2, 0) is 17.6 Å². The smallest absolute Gasteiger partial charge is 0.326 e. The zero-order valence-corrected chi connectivity index (χ0v) is 17.2. The van der Waals surface area contributed by atoms with Crippen molar-refractivity contribution in [1.29, 1.82) is 0 Å². The number of halogens is 1. The fourth-order valence-electron chi connectivity index (χ4n) is 3.06. The van der Waals surface area contributed by atoms with E-state index in [0.717, 1.165) is 36.9 Å². The van der Waals surface area contributed by atoms with Crippen LogP contribution in [0.25, 0.3) is 0 Å². The molecule has 156 valence electrons. The molecule has 29 heavy (non-hydrogen) atoms. The molecule has 2 rings (SSSR count). The maximum Gasteiger partial charge on any atom is 0.326 e. The van der Waals surface area contributed by atoms with Gasteiger partial charge in [-0.3, -0.25) is 4.79 Å². The van der Waals surface area contributed by atoms with Gasteiger partial charge >= 0.3 is 5.97 Å². The first-order valence-corrected chi connectivity index (χ1v) is 10.0. The van der Waals surface area contributed by atoms with E-state index < -0.39 is 17.9 Å². The van der Waals surface area contributed by atoms with Crippen LogP contribution in [0.1, 0.15) is 40.7 Å². The number of phenolic OH excluding ortho intramolecular Hbond substituents is 1. The SMILES string of the molecule is CNCCCCCc1cc(O)c(C(=O)NC(Cc2ccccc2)C(=O)O)cc1Cl. The van der Waals surface area contributed by atoms with Gasteiger partial charge in [-0.15, -0.1) is 0 Å². The van der Waals surface area contributed by atoms with Crippen molar-refractivity contribution in [2.24, 2.45) is 0 Å². The van der Waals surface area contributed by atoms with E-state index in [-0.39, 0.29) is 17.7 Å². The molecule has 2 aromatic rings. The zero-order chi connectivity index (χ0) is 21.2. The zero-order valence-electron chi connectivity index (χ0n) is 16.5. The molecule has 6 nitrogen and oxygen atoms in total. The highest BCUT2D eigenvalue weighted by Gasteiger charge is 2.23. The molecule has 0 aromatic heterocycles. The Bertz CT molecular complexity index is 827. The summed E-state index contributed by atoms with van der Waals surface area (Å²) in [4.78, 5) is 24.1. The highest BCUT2D eigenvalue weighted by molar-refractivity contribution is 6.31. The Kier molecular flexibility index (Phi) is 8.96. The van der Waals surface area contributed by atoms with Crippen LogP contribution in [0.15, 0.2) is 42.5 Å². The lowest BCUT2D eigenvalue weighted by Crippen LogP contribution is -2.42. The molecule has 1 atom stereocenters. The van der Waals surface area contributed by atoms with E-state index in [1.165, 1.54) is 12.1 Å². The first kappa shape index (κ1) is 22.7. The van der Waals surface area contributed by atoms with Gasteiger partial charge in [0.15, 0.2) is 0 Å². The summed E-state index contributed by atoms with van der Waals surface area (Å²) in [6.45, 7) is 0.950. The molecular weight excluding hydrogens is 392 g/mol. The van der Waals surface area contributed by atoms with Gasteiger partial charge in [-0.2, -0.15) is 0 Å². The van der Waals surface area contributed by atoms with Crippen molar-refractivity contribution >= 4 is 23.5 Å². The number of rotatable bonds is 11. The third-order valence-electron chi connectivity index (χ3n) is 4.67. The molecule has 2 aromatic carbocycles. The molecule has 0 aliphatic carbocycles. The molecule has 4 N–H and O–H groups in total. The fraction of sp³-hybridized carbons (Fsp3) is 0.364. The van der Waals surface area contributed by atoms with Crippen molar-refractivity contribution in [3.8, 4) is 5.75 Å². The van der Waals surface area contributed by atoms with Crippen molar-refractivity contribution < 1.29 is 19.8 Å². The molecule has 0 bridgehead atoms. The Morgan fingerprint density at radius 3 is 2.48 bits per heavy atom. The minimum Gasteiger partial charge on any atom is -0.507 e. The Hall–Kier alpha value is -2.57. The Balaban J connectivity index is 2.05. The van der Waals surface area contributed by atoms with E-state index >= 15 is 0 Å². The largest absolute Gasteiger partial charge is 0.507 e. The molecule has 1 amide bonds. The Morgan fingerprint density at radius 2 is 1.83 bits per heavy atom. The summed E-state index contributed by atoms with van der Waals surface area (Å²) in [6, 6.07) is 10.8. The quantitative estimate of drug-likeness (QED) is 0.419. The van der Waals surface area contributed by atoms with Crippen molar-refractivity contribution in [3.63, 3.8) is 0 Å². The number of carboxylic acids is 1. The van der Waals surface area contributed by atoms with E-state index in [0.29, 0.717) is 11.4 Å². The van der Waals surface area contributed by atoms with E-state index in [2.05, 4.69) is 10.6 Å². The van der Waals surface area contributed by atoms with Crippen LogP contribution < -0.4 is 10.6 Å². The monoisotopic (exact) mass is 418 g/mol. The highest BCUT2D eigenvalue weighted by atomic mass is 35.5. The second kappa shape index (κ2) is 11.4. The number of nitrogens with one attached hydrogen (secondary N) is 2. The van der Waals surface area contributed by atoms with Gasteiger partial charge in [0, 0.05) is 11.4 Å². The number of carbonyl (C=O) groups excluding carboxylic acids is 1. The summed E-state index contributed by atoms with van der Waals surface area (Å²) in [7, 11) is 1.91. The molecule has 0 heterocycles. The highest BCUT2D eigenvalue weighted by Crippen LogP contribution is 2.28. The van der Waals surface area contributed by atoms with Crippen LogP contribution in [0.3, 0.4) is 0 Å². The van der Waals surface area contributed by atoms with Crippen LogP contribution in [0.4, 0.5) is 0 Å². The lowest BCUT2D eigenvalue weighted by atomic mass is 10.0. The van der Waals surface area contributed by atoms with Crippen LogP contribution >= 0.6 is 11.6 Å². The molecule has 0 saturated carbocycles. The number of carboxylic acid groups (broad SMARTS) is 1. The number of hydrogen-bond donors (Lipinski definition) is 4. The van der Waals surface area contributed by atoms with Gasteiger partial charge in [-0.05, 0) is 56.1 Å². The standard InChI is InChI=1S/C22H27ClN2O4/c1-24-11-7-3-6-10-16-13-20(26)17(14-18(16)23)21(27)25-19(22(28)29)12-15-8-4-2-5-9-15/h2,4-5,8-9,13-14,19,24,26H,3,6-7,10-12H2,1H3,(H,25,27)(H,28,29). The van der Waals surface area contributed by atoms with E-state index in [4.69, 9.17) is 11.6 Å². The van der Waals surface area contributed by atoms with E-state index in [1.807, 2.05) is 13.1 Å². The number of phenols is 1. The Morgan fingerprint density at radius 1 is 1.10 bits per heavy atom. The maximum atomic E-state index is 12.6. The second-order valence-corrected chi connectivity index (χ2v) is 7.34. The third kappa shape index (κ3) is 7.07. The van der Waals surface area contributed by atoms with Crippen molar-refractivity contribution in [2.75, 3.05) is 13.6 Å². The van der Waals surface area contributed by atoms with Crippen LogP contribution in [0.2, 0.25) is 5.02 Å². The van der Waals surface area contributed by atoms with Gasteiger partial charge in [-0.25, -0.2) is 4.79 Å². The molecule has 7 heteroatoms. The van der Waals surface area contributed by atoms with Gasteiger partial charge in [0.1, 0.15) is 11.8 Å². The molecule has 0 aliphatic rings. The summed E-state index contributed by atoms with van der Waals surface area (Å²) in [5.41, 5.74) is 1.52. The molecule has 0 fully saturated rings. The number of unbranched alkanes of at least 4 members (excludes halogenated alkanes) is 2. The number of hydrogen-bond acceptors (Lipinski definition) is 4. The van der Waals surface area contributed by atoms with E-state index in [9.17, 15) is 19.8 Å². The van der Waals surface area contributed by atoms with Gasteiger partial charge < -0.3 is 20.8 Å². The second-order valence-electron chi connectivity index (χ2n) is 6.93. The summed E-state index contributed by atoms with van der Waals surface area (Å²) in [5.74, 6) is -2.03. The number of aryl methyl sites for hydroxylation is 1. The number of amides is 1. The van der Waals surface area contributed by atoms with Crippen molar-refractivity contribution in [1.82, 2.24) is 10.6 Å². The summed E-state index contributed by atoms with van der Waals surface area (Å²) in [5, 5.41) is 25.7. The molecule has 0 spiro atoms. The molecular formula is C22H27ClN2O4. The summed E-state index contributed by atoms with van der Waals surface area (Å²) in [6.07, 6.45) is 3.84. The molecule has 0 aliphatic heterocycles. The van der Waals surface area contributed by atoms with Gasteiger partial charge in [-0.1, -0.05) is 48.4 Å². The number of aromatic hydroxyl groups is 1. The van der Waals surface area contributed by atoms with E-state index in [1.54, 1.807) is 24.3 Å². The first-order valence-electron chi connectivity index (χ1n) is 9.66. The minimum absolute atomic E-state index is 0.0340. The lowest BCUT2D eigenvalue weighted by Gasteiger charge is -2.16. The van der Waals surface area contributed by atoms with Gasteiger partial charge in [0.2, 0.25) is 0 Å². The fourth-order valence-corrected chi connectivity index (χ4v) is 3.32. The number of carbonyl (C=O) groups is 2. The van der Waals surface area contributed by atoms with Gasteiger partial charge in [0.25, 0.3) is 5.91 Å². The van der Waals surface area contributed by atoms with Crippen molar-refractivity contribution in [3.05, 3.63) is 64.2 Å². The van der Waals surface area contributed by atoms with Crippen LogP contribution in [0, 0.1) is 0 Å². The number of aliphatic carboxylic acids is 1. The number of benzene rings is 2. The normalized spacial score (nSPS) is 11.8. The van der Waals surface area contributed by atoms with Gasteiger partial charge in [0.05, 0.1) is 5.56 Å². The maximum absolute atomic E-state index is 12.6. The molecule has 0 saturated heterocycles. The van der Waals surface area contributed by atoms with Crippen LogP contribution in [0.5, 0.6) is 5.75 Å². The average molecular weight is 419 g/mol. The average Bonchev–Trinajstić information content (AvgIpc) is 2.70. The predicted octanol–water partition coefficient (Wildman–Crippen LogP) is 3.40. The van der Waals surface area contributed by atoms with Crippen LogP contribution in [-0.4, -0.2) is 41.7 Å². The molecule has 0 radical (unpaired) electrons. The lowest BCUT2D eigenvalue weighted by molar-refractivity contribution is -0.139. The summed E-state index contributed by atoms with van der Waals surface area (Å²) < 4.78 is 0. The minimum atomic E-state index is -1.15.